The van der Waals surface area contributed by atoms with Crippen molar-refractivity contribution in [2.24, 2.45) is 0 Å². The average Bonchev–Trinajstić information content (AvgIpc) is 3.16. The minimum atomic E-state index is -0.309. The molecule has 2 aromatic heterocycles. The third-order valence-electron chi connectivity index (χ3n) is 5.71. The van der Waals surface area contributed by atoms with Gasteiger partial charge in [0.15, 0.2) is 11.5 Å². The van der Waals surface area contributed by atoms with Crippen LogP contribution in [0.1, 0.15) is 18.4 Å². The van der Waals surface area contributed by atoms with Gasteiger partial charge in [-0.25, -0.2) is 23.7 Å². The number of halogens is 1. The fraction of sp³-hybridized carbons (Fsp3) is 0.160. The van der Waals surface area contributed by atoms with Crippen molar-refractivity contribution in [2.75, 3.05) is 12.8 Å². The molecular formula is C25H23FN6O2. The number of nitrogens with zero attached hydrogens (tertiary/aromatic N) is 4. The van der Waals surface area contributed by atoms with Gasteiger partial charge in [-0.1, -0.05) is 18.2 Å². The fourth-order valence-electron chi connectivity index (χ4n) is 4.04. The van der Waals surface area contributed by atoms with Gasteiger partial charge in [-0.15, -0.1) is 0 Å². The molecule has 4 aromatic rings. The predicted octanol–water partition coefficient (Wildman–Crippen LogP) is 3.62. The summed E-state index contributed by atoms with van der Waals surface area (Å²) in [6, 6.07) is 13.3. The number of rotatable bonds is 6. The molecule has 0 amide bonds. The zero-order valence-corrected chi connectivity index (χ0v) is 18.5. The summed E-state index contributed by atoms with van der Waals surface area (Å²) in [7, 11) is 1.86. The zero-order valence-electron chi connectivity index (χ0n) is 18.5. The third-order valence-corrected chi connectivity index (χ3v) is 5.71. The van der Waals surface area contributed by atoms with Crippen molar-refractivity contribution in [3.8, 4) is 11.4 Å². The molecule has 0 bridgehead atoms. The Balaban J connectivity index is 1.53. The first-order valence-electron chi connectivity index (χ1n) is 10.9. The smallest absolute Gasteiger partial charge is 0.339 e. The van der Waals surface area contributed by atoms with Crippen LogP contribution < -0.4 is 21.5 Å². The monoisotopic (exact) mass is 458 g/mol. The Hall–Kier alpha value is -4.40. The summed E-state index contributed by atoms with van der Waals surface area (Å²) in [6.45, 7) is 0.228. The highest BCUT2D eigenvalue weighted by Gasteiger charge is 2.21. The molecule has 0 radical (unpaired) electrons. The van der Waals surface area contributed by atoms with Crippen molar-refractivity contribution in [2.45, 2.75) is 19.4 Å². The van der Waals surface area contributed by atoms with Crippen LogP contribution in [0.2, 0.25) is 0 Å². The summed E-state index contributed by atoms with van der Waals surface area (Å²) in [4.78, 5) is 22.1. The van der Waals surface area contributed by atoms with Gasteiger partial charge in [0, 0.05) is 12.7 Å². The number of aromatic nitrogens is 4. The molecule has 0 fully saturated rings. The van der Waals surface area contributed by atoms with E-state index in [1.165, 1.54) is 23.0 Å². The summed E-state index contributed by atoms with van der Waals surface area (Å²) in [6.07, 6.45) is 6.98. The van der Waals surface area contributed by atoms with Crippen molar-refractivity contribution >= 4 is 22.7 Å². The second-order valence-electron chi connectivity index (χ2n) is 7.88. The van der Waals surface area contributed by atoms with Gasteiger partial charge in [-0.2, -0.15) is 0 Å². The molecule has 2 aromatic carbocycles. The van der Waals surface area contributed by atoms with Crippen molar-refractivity contribution in [3.05, 3.63) is 94.6 Å². The van der Waals surface area contributed by atoms with Gasteiger partial charge in [-0.3, -0.25) is 4.57 Å². The van der Waals surface area contributed by atoms with Crippen LogP contribution in [0, 0.1) is 5.82 Å². The quantitative estimate of drug-likeness (QED) is 0.458. The number of fused-ring (bicyclic) bond motifs is 1. The lowest BCUT2D eigenvalue weighted by atomic mass is 10.1. The molecule has 9 heteroatoms. The van der Waals surface area contributed by atoms with Crippen LogP contribution in [0.4, 0.5) is 10.2 Å². The van der Waals surface area contributed by atoms with Crippen LogP contribution >= 0.6 is 0 Å². The summed E-state index contributed by atoms with van der Waals surface area (Å²) < 4.78 is 22.2. The first-order chi connectivity index (χ1) is 16.5. The van der Waals surface area contributed by atoms with Gasteiger partial charge >= 0.3 is 5.69 Å². The number of nitrogens with two attached hydrogens (primary N) is 1. The van der Waals surface area contributed by atoms with Gasteiger partial charge in [0.2, 0.25) is 0 Å². The van der Waals surface area contributed by atoms with E-state index < -0.39 is 0 Å². The van der Waals surface area contributed by atoms with Gasteiger partial charge < -0.3 is 15.8 Å². The third kappa shape index (κ3) is 3.92. The first kappa shape index (κ1) is 21.4. The maximum absolute atomic E-state index is 13.6. The molecule has 0 saturated carbocycles. The molecule has 0 atom stereocenters. The highest BCUT2D eigenvalue weighted by atomic mass is 19.1. The maximum Gasteiger partial charge on any atom is 0.339 e. The molecule has 1 aliphatic rings. The van der Waals surface area contributed by atoms with Crippen molar-refractivity contribution in [3.63, 3.8) is 0 Å². The van der Waals surface area contributed by atoms with Crippen molar-refractivity contribution < 1.29 is 9.13 Å². The van der Waals surface area contributed by atoms with Crippen molar-refractivity contribution in [1.82, 2.24) is 24.4 Å². The number of anilines is 1. The highest BCUT2D eigenvalue weighted by molar-refractivity contribution is 5.87. The minimum Gasteiger partial charge on any atom is -0.489 e. The van der Waals surface area contributed by atoms with E-state index in [0.717, 1.165) is 29.8 Å². The second-order valence-corrected chi connectivity index (χ2v) is 7.88. The number of allylic oxidation sites excluding steroid dienone is 4. The predicted molar refractivity (Wildman–Crippen MR) is 129 cm³/mol. The molecule has 172 valence electrons. The van der Waals surface area contributed by atoms with E-state index in [0.29, 0.717) is 22.6 Å². The molecule has 3 N–H and O–H groups in total. The number of ether oxygens (including phenoxy) is 1. The number of nitrogen functional groups attached to an aromatic ring is 1. The molecule has 0 aliphatic heterocycles. The zero-order chi connectivity index (χ0) is 23.7. The molecule has 0 saturated heterocycles. The Morgan fingerprint density at radius 3 is 2.74 bits per heavy atom. The molecule has 0 spiro atoms. The number of imidazole rings is 1. The second kappa shape index (κ2) is 8.86. The lowest BCUT2D eigenvalue weighted by Crippen LogP contribution is -2.23. The molecule has 2 heterocycles. The lowest BCUT2D eigenvalue weighted by Gasteiger charge is -2.14. The van der Waals surface area contributed by atoms with E-state index >= 15 is 0 Å². The van der Waals surface area contributed by atoms with E-state index in [-0.39, 0.29) is 23.9 Å². The van der Waals surface area contributed by atoms with Gasteiger partial charge in [0.1, 0.15) is 30.0 Å². The van der Waals surface area contributed by atoms with Crippen LogP contribution in [0.25, 0.3) is 22.5 Å². The number of benzene rings is 2. The van der Waals surface area contributed by atoms with Gasteiger partial charge in [-0.05, 0) is 60.9 Å². The minimum absolute atomic E-state index is 0.210. The van der Waals surface area contributed by atoms with Crippen LogP contribution in [0.15, 0.2) is 77.5 Å². The van der Waals surface area contributed by atoms with E-state index in [2.05, 4.69) is 15.3 Å². The highest BCUT2D eigenvalue weighted by Crippen LogP contribution is 2.26. The molecule has 0 unspecified atom stereocenters. The molecular weight excluding hydrogens is 435 g/mol. The Kier molecular flexibility index (Phi) is 5.59. The molecule has 1 aliphatic carbocycles. The van der Waals surface area contributed by atoms with E-state index in [4.69, 9.17) is 10.5 Å². The number of hydrogen-bond acceptors (Lipinski definition) is 6. The molecule has 34 heavy (non-hydrogen) atoms. The van der Waals surface area contributed by atoms with Crippen molar-refractivity contribution in [1.29, 1.82) is 0 Å². The van der Waals surface area contributed by atoms with Crippen LogP contribution in [-0.2, 0) is 6.61 Å². The number of nitrogens with one attached hydrogen (secondary N) is 1. The molecule has 8 nitrogen and oxygen atoms in total. The SMILES string of the molecule is CNC1=CC(n2c(=O)n(-c3ccc(OCc4cccc(F)c4)cc3)c3c(N)ncnc32)=CCC1. The molecule has 5 rings (SSSR count). The summed E-state index contributed by atoms with van der Waals surface area (Å²) in [5, 5.41) is 3.16. The largest absolute Gasteiger partial charge is 0.489 e. The van der Waals surface area contributed by atoms with Gasteiger partial charge in [0.25, 0.3) is 0 Å². The Morgan fingerprint density at radius 2 is 1.97 bits per heavy atom. The Bertz CT molecular complexity index is 1480. The summed E-state index contributed by atoms with van der Waals surface area (Å²) in [5.41, 5.74) is 9.85. The van der Waals surface area contributed by atoms with Gasteiger partial charge in [0.05, 0.1) is 11.4 Å². The lowest BCUT2D eigenvalue weighted by molar-refractivity contribution is 0.305. The Morgan fingerprint density at radius 1 is 1.15 bits per heavy atom. The Labute approximate surface area is 194 Å². The van der Waals surface area contributed by atoms with E-state index in [9.17, 15) is 9.18 Å². The normalized spacial score (nSPS) is 13.5. The van der Waals surface area contributed by atoms with Crippen LogP contribution in [0.5, 0.6) is 5.75 Å². The summed E-state index contributed by atoms with van der Waals surface area (Å²) >= 11 is 0. The number of hydrogen-bond donors (Lipinski definition) is 2. The van der Waals surface area contributed by atoms with E-state index in [1.807, 2.05) is 19.2 Å². The van der Waals surface area contributed by atoms with Crippen LogP contribution in [-0.4, -0.2) is 26.1 Å². The summed E-state index contributed by atoms with van der Waals surface area (Å²) in [5.74, 6) is 0.490. The fourth-order valence-corrected chi connectivity index (χ4v) is 4.04. The first-order valence-corrected chi connectivity index (χ1v) is 10.9. The van der Waals surface area contributed by atoms with Crippen LogP contribution in [0.3, 0.4) is 0 Å². The maximum atomic E-state index is 13.6. The average molecular weight is 458 g/mol. The topological polar surface area (TPSA) is 100.0 Å². The standard InChI is InChI=1S/C25H23FN6O2/c1-28-18-6-3-7-20(13-18)32-24-22(23(27)29-15-30-24)31(25(32)33)19-8-10-21(11-9-19)34-14-16-4-2-5-17(26)12-16/h2,4-5,7-13,15,28H,3,6,14H2,1H3,(H2,27,29,30). The van der Waals surface area contributed by atoms with E-state index in [1.54, 1.807) is 41.0 Å².